The van der Waals surface area contributed by atoms with Crippen LogP contribution in [0.2, 0.25) is 0 Å². The van der Waals surface area contributed by atoms with Gasteiger partial charge in [-0.2, -0.15) is 0 Å². The van der Waals surface area contributed by atoms with Gasteiger partial charge >= 0.3 is 5.97 Å². The average molecular weight is 253 g/mol. The number of aliphatic imine (C=N–C) groups is 1. The number of hydrogen-bond donors (Lipinski definition) is 1. The summed E-state index contributed by atoms with van der Waals surface area (Å²) in [4.78, 5) is 23.4. The van der Waals surface area contributed by atoms with Gasteiger partial charge in [-0.05, 0) is 24.1 Å². The van der Waals surface area contributed by atoms with Crippen LogP contribution in [0.25, 0.3) is 11.1 Å². The highest BCUT2D eigenvalue weighted by Crippen LogP contribution is 2.26. The summed E-state index contributed by atoms with van der Waals surface area (Å²) in [6.07, 6.45) is 3.47. The SMILES string of the molecule is Cc1ncc(-c2ccc3c(c2)C(C(=O)O)=NC3)cn1. The predicted octanol–water partition coefficient (Wildman–Crippen LogP) is 1.84. The zero-order valence-electron chi connectivity index (χ0n) is 10.3. The molecule has 5 heteroatoms. The van der Waals surface area contributed by atoms with Crippen molar-refractivity contribution >= 4 is 11.7 Å². The first-order chi connectivity index (χ1) is 9.15. The summed E-state index contributed by atoms with van der Waals surface area (Å²) in [6, 6.07) is 5.68. The number of nitrogens with zero attached hydrogens (tertiary/aromatic N) is 3. The van der Waals surface area contributed by atoms with E-state index in [1.807, 2.05) is 25.1 Å². The zero-order valence-corrected chi connectivity index (χ0v) is 10.3. The van der Waals surface area contributed by atoms with Gasteiger partial charge in [0.25, 0.3) is 0 Å². The smallest absolute Gasteiger partial charge is 0.354 e. The van der Waals surface area contributed by atoms with Gasteiger partial charge in [-0.1, -0.05) is 12.1 Å². The first-order valence-electron chi connectivity index (χ1n) is 5.85. The molecule has 0 bridgehead atoms. The third-order valence-electron chi connectivity index (χ3n) is 3.09. The van der Waals surface area contributed by atoms with Gasteiger partial charge in [0.15, 0.2) is 5.71 Å². The molecule has 0 amide bonds. The molecule has 94 valence electrons. The van der Waals surface area contributed by atoms with E-state index in [-0.39, 0.29) is 5.71 Å². The molecule has 1 N–H and O–H groups in total. The van der Waals surface area contributed by atoms with Crippen molar-refractivity contribution in [3.63, 3.8) is 0 Å². The lowest BCUT2D eigenvalue weighted by atomic mass is 9.99. The fourth-order valence-corrected chi connectivity index (χ4v) is 2.09. The van der Waals surface area contributed by atoms with E-state index in [9.17, 15) is 4.79 Å². The lowest BCUT2D eigenvalue weighted by molar-refractivity contribution is -0.129. The standard InChI is InChI=1S/C14H11N3O2/c1-8-15-6-11(7-16-8)9-2-3-10-5-17-13(14(18)19)12(10)4-9/h2-4,6-7H,5H2,1H3,(H,18,19). The van der Waals surface area contributed by atoms with Crippen LogP contribution in [-0.4, -0.2) is 26.8 Å². The Kier molecular flexibility index (Phi) is 2.59. The minimum Gasteiger partial charge on any atom is -0.477 e. The molecular formula is C14H11N3O2. The Morgan fingerprint density at radius 1 is 1.21 bits per heavy atom. The molecule has 0 atom stereocenters. The number of aromatic nitrogens is 2. The van der Waals surface area contributed by atoms with Crippen LogP contribution in [0.15, 0.2) is 35.6 Å². The monoisotopic (exact) mass is 253 g/mol. The molecule has 0 radical (unpaired) electrons. The molecule has 2 heterocycles. The summed E-state index contributed by atoms with van der Waals surface area (Å²) in [5, 5.41) is 9.10. The van der Waals surface area contributed by atoms with Gasteiger partial charge in [0.05, 0.1) is 6.54 Å². The Bertz CT molecular complexity index is 690. The molecular weight excluding hydrogens is 242 g/mol. The Labute approximate surface area is 109 Å². The summed E-state index contributed by atoms with van der Waals surface area (Å²) in [6.45, 7) is 2.25. The van der Waals surface area contributed by atoms with Gasteiger partial charge in [-0.15, -0.1) is 0 Å². The van der Waals surface area contributed by atoms with Crippen molar-refractivity contribution in [3.05, 3.63) is 47.5 Å². The van der Waals surface area contributed by atoms with Gasteiger partial charge in [0.1, 0.15) is 5.82 Å². The van der Waals surface area contributed by atoms with Gasteiger partial charge in [0.2, 0.25) is 0 Å². The van der Waals surface area contributed by atoms with Crippen molar-refractivity contribution in [1.82, 2.24) is 9.97 Å². The molecule has 0 aliphatic carbocycles. The van der Waals surface area contributed by atoms with E-state index in [0.717, 1.165) is 16.7 Å². The van der Waals surface area contributed by atoms with E-state index in [1.54, 1.807) is 12.4 Å². The van der Waals surface area contributed by atoms with Crippen LogP contribution < -0.4 is 0 Å². The number of hydrogen-bond acceptors (Lipinski definition) is 4. The van der Waals surface area contributed by atoms with Crippen LogP contribution in [0.4, 0.5) is 0 Å². The largest absolute Gasteiger partial charge is 0.477 e. The molecule has 0 spiro atoms. The van der Waals surface area contributed by atoms with Gasteiger partial charge in [-0.3, -0.25) is 4.99 Å². The fourth-order valence-electron chi connectivity index (χ4n) is 2.09. The maximum absolute atomic E-state index is 11.1. The van der Waals surface area contributed by atoms with Gasteiger partial charge < -0.3 is 5.11 Å². The molecule has 1 aliphatic rings. The minimum absolute atomic E-state index is 0.130. The number of rotatable bonds is 2. The van der Waals surface area contributed by atoms with E-state index in [0.29, 0.717) is 17.9 Å². The van der Waals surface area contributed by atoms with Crippen molar-refractivity contribution in [1.29, 1.82) is 0 Å². The number of carboxylic acids is 1. The molecule has 5 nitrogen and oxygen atoms in total. The fraction of sp³-hybridized carbons (Fsp3) is 0.143. The number of benzene rings is 1. The van der Waals surface area contributed by atoms with Crippen molar-refractivity contribution in [2.45, 2.75) is 13.5 Å². The minimum atomic E-state index is -0.990. The highest BCUT2D eigenvalue weighted by atomic mass is 16.4. The Balaban J connectivity index is 2.07. The second kappa shape index (κ2) is 4.28. The second-order valence-corrected chi connectivity index (χ2v) is 4.36. The molecule has 19 heavy (non-hydrogen) atoms. The first kappa shape index (κ1) is 11.5. The Morgan fingerprint density at radius 2 is 1.95 bits per heavy atom. The summed E-state index contributed by atoms with van der Waals surface area (Å²) in [5.41, 5.74) is 3.52. The number of carbonyl (C=O) groups is 1. The van der Waals surface area contributed by atoms with Crippen LogP contribution >= 0.6 is 0 Å². The van der Waals surface area contributed by atoms with Crippen LogP contribution in [0, 0.1) is 6.92 Å². The molecule has 2 aromatic rings. The van der Waals surface area contributed by atoms with Crippen LogP contribution in [0.3, 0.4) is 0 Å². The van der Waals surface area contributed by atoms with Crippen molar-refractivity contribution in [2.75, 3.05) is 0 Å². The topological polar surface area (TPSA) is 75.4 Å². The molecule has 0 unspecified atom stereocenters. The van der Waals surface area contributed by atoms with E-state index in [1.165, 1.54) is 0 Å². The maximum Gasteiger partial charge on any atom is 0.354 e. The highest BCUT2D eigenvalue weighted by Gasteiger charge is 2.21. The third kappa shape index (κ3) is 1.99. The van der Waals surface area contributed by atoms with Crippen molar-refractivity contribution in [3.8, 4) is 11.1 Å². The van der Waals surface area contributed by atoms with E-state index in [2.05, 4.69) is 15.0 Å². The normalized spacial score (nSPS) is 13.0. The maximum atomic E-state index is 11.1. The summed E-state index contributed by atoms with van der Waals surface area (Å²) in [7, 11) is 0. The van der Waals surface area contributed by atoms with Gasteiger partial charge in [0, 0.05) is 23.5 Å². The summed E-state index contributed by atoms with van der Waals surface area (Å²) < 4.78 is 0. The Hall–Kier alpha value is -2.56. The molecule has 0 saturated carbocycles. The predicted molar refractivity (Wildman–Crippen MR) is 70.1 cm³/mol. The van der Waals surface area contributed by atoms with E-state index < -0.39 is 5.97 Å². The zero-order chi connectivity index (χ0) is 13.4. The summed E-state index contributed by atoms with van der Waals surface area (Å²) >= 11 is 0. The number of fused-ring (bicyclic) bond motifs is 1. The van der Waals surface area contributed by atoms with Crippen LogP contribution in [-0.2, 0) is 11.3 Å². The Morgan fingerprint density at radius 3 is 2.63 bits per heavy atom. The highest BCUT2D eigenvalue weighted by molar-refractivity contribution is 6.43. The quantitative estimate of drug-likeness (QED) is 0.886. The first-order valence-corrected chi connectivity index (χ1v) is 5.85. The number of carboxylic acid groups (broad SMARTS) is 1. The average Bonchev–Trinajstić information content (AvgIpc) is 2.82. The lowest BCUT2D eigenvalue weighted by Gasteiger charge is -2.05. The van der Waals surface area contributed by atoms with Crippen LogP contribution in [0.5, 0.6) is 0 Å². The van der Waals surface area contributed by atoms with Crippen molar-refractivity contribution in [2.24, 2.45) is 4.99 Å². The van der Waals surface area contributed by atoms with Crippen LogP contribution in [0.1, 0.15) is 17.0 Å². The molecule has 1 aromatic carbocycles. The molecule has 1 aromatic heterocycles. The molecule has 3 rings (SSSR count). The van der Waals surface area contributed by atoms with Gasteiger partial charge in [-0.25, -0.2) is 14.8 Å². The molecule has 0 fully saturated rings. The second-order valence-electron chi connectivity index (χ2n) is 4.36. The lowest BCUT2D eigenvalue weighted by Crippen LogP contribution is -2.12. The number of aryl methyl sites for hydroxylation is 1. The van der Waals surface area contributed by atoms with Crippen molar-refractivity contribution < 1.29 is 9.90 Å². The molecule has 1 aliphatic heterocycles. The molecule has 0 saturated heterocycles. The summed E-state index contributed by atoms with van der Waals surface area (Å²) in [5.74, 6) is -0.284. The van der Waals surface area contributed by atoms with E-state index >= 15 is 0 Å². The number of aliphatic carboxylic acids is 1. The van der Waals surface area contributed by atoms with E-state index in [4.69, 9.17) is 5.11 Å². The third-order valence-corrected chi connectivity index (χ3v) is 3.09.